The Morgan fingerprint density at radius 3 is 3.00 bits per heavy atom. The zero-order chi connectivity index (χ0) is 9.47. The van der Waals surface area contributed by atoms with Gasteiger partial charge in [-0.15, -0.1) is 0 Å². The Morgan fingerprint density at radius 2 is 2.31 bits per heavy atom. The molecule has 0 radical (unpaired) electrons. The molecule has 1 atom stereocenters. The Labute approximate surface area is 77.9 Å². The van der Waals surface area contributed by atoms with Crippen molar-refractivity contribution in [2.45, 2.75) is 25.4 Å². The van der Waals surface area contributed by atoms with Crippen LogP contribution in [0.2, 0.25) is 0 Å². The van der Waals surface area contributed by atoms with Gasteiger partial charge >= 0.3 is 0 Å². The fourth-order valence-electron chi connectivity index (χ4n) is 1.85. The van der Waals surface area contributed by atoms with E-state index in [-0.39, 0.29) is 5.60 Å². The summed E-state index contributed by atoms with van der Waals surface area (Å²) in [4.78, 5) is 4.33. The number of methoxy groups -OCH3 is 1. The van der Waals surface area contributed by atoms with Crippen LogP contribution in [0.3, 0.4) is 0 Å². The average molecular weight is 178 g/mol. The van der Waals surface area contributed by atoms with Gasteiger partial charge in [0.05, 0.1) is 5.69 Å². The Morgan fingerprint density at radius 1 is 1.54 bits per heavy atom. The number of nitrogen functional groups attached to an aromatic ring is 1. The molecular weight excluding hydrogens is 164 g/mol. The molecule has 0 amide bonds. The van der Waals surface area contributed by atoms with E-state index in [4.69, 9.17) is 10.5 Å². The molecule has 1 heterocycles. The molecule has 0 bridgehead atoms. The van der Waals surface area contributed by atoms with Gasteiger partial charge < -0.3 is 10.5 Å². The van der Waals surface area contributed by atoms with E-state index < -0.39 is 0 Å². The normalized spacial score (nSPS) is 26.0. The SMILES string of the molecule is COC1(C)CCc2ccc(N)nc21. The van der Waals surface area contributed by atoms with Gasteiger partial charge in [0.15, 0.2) is 0 Å². The van der Waals surface area contributed by atoms with Crippen LogP contribution in [0.1, 0.15) is 24.6 Å². The van der Waals surface area contributed by atoms with E-state index in [2.05, 4.69) is 11.9 Å². The van der Waals surface area contributed by atoms with Gasteiger partial charge in [-0.25, -0.2) is 4.98 Å². The first-order valence-corrected chi connectivity index (χ1v) is 4.47. The first-order valence-electron chi connectivity index (χ1n) is 4.47. The second-order valence-electron chi connectivity index (χ2n) is 3.68. The summed E-state index contributed by atoms with van der Waals surface area (Å²) in [5.74, 6) is 0.573. The molecule has 0 aromatic carbocycles. The number of nitrogens with two attached hydrogens (primary N) is 1. The third-order valence-electron chi connectivity index (χ3n) is 2.82. The molecule has 0 fully saturated rings. The van der Waals surface area contributed by atoms with Crippen molar-refractivity contribution in [3.05, 3.63) is 23.4 Å². The van der Waals surface area contributed by atoms with Crippen LogP contribution in [0.4, 0.5) is 5.82 Å². The molecule has 1 aliphatic carbocycles. The molecule has 0 saturated carbocycles. The van der Waals surface area contributed by atoms with Crippen molar-refractivity contribution in [2.75, 3.05) is 12.8 Å². The van der Waals surface area contributed by atoms with Crippen LogP contribution < -0.4 is 5.73 Å². The minimum Gasteiger partial charge on any atom is -0.384 e. The average Bonchev–Trinajstić information content (AvgIpc) is 2.45. The van der Waals surface area contributed by atoms with E-state index in [9.17, 15) is 0 Å². The van der Waals surface area contributed by atoms with E-state index in [1.54, 1.807) is 7.11 Å². The number of aryl methyl sites for hydroxylation is 1. The highest BCUT2D eigenvalue weighted by molar-refractivity contribution is 5.39. The van der Waals surface area contributed by atoms with Crippen molar-refractivity contribution in [3.8, 4) is 0 Å². The minimum atomic E-state index is -0.231. The highest BCUT2D eigenvalue weighted by Crippen LogP contribution is 2.37. The van der Waals surface area contributed by atoms with Crippen molar-refractivity contribution in [1.82, 2.24) is 4.98 Å². The van der Waals surface area contributed by atoms with E-state index in [0.717, 1.165) is 18.5 Å². The second-order valence-corrected chi connectivity index (χ2v) is 3.68. The van der Waals surface area contributed by atoms with Gasteiger partial charge in [-0.3, -0.25) is 0 Å². The Kier molecular flexibility index (Phi) is 1.77. The highest BCUT2D eigenvalue weighted by atomic mass is 16.5. The van der Waals surface area contributed by atoms with Gasteiger partial charge in [-0.05, 0) is 31.4 Å². The lowest BCUT2D eigenvalue weighted by atomic mass is 10.0. The van der Waals surface area contributed by atoms with Gasteiger partial charge in [0.25, 0.3) is 0 Å². The molecule has 3 nitrogen and oxygen atoms in total. The molecule has 1 unspecified atom stereocenters. The molecule has 0 spiro atoms. The number of pyridine rings is 1. The summed E-state index contributed by atoms with van der Waals surface area (Å²) in [5.41, 5.74) is 7.68. The first-order chi connectivity index (χ1) is 6.15. The number of fused-ring (bicyclic) bond motifs is 1. The van der Waals surface area contributed by atoms with Crippen LogP contribution in [0.15, 0.2) is 12.1 Å². The zero-order valence-electron chi connectivity index (χ0n) is 8.00. The maximum atomic E-state index is 5.64. The lowest BCUT2D eigenvalue weighted by Crippen LogP contribution is -2.22. The van der Waals surface area contributed by atoms with Gasteiger partial charge in [0.1, 0.15) is 11.4 Å². The Balaban J connectivity index is 2.52. The largest absolute Gasteiger partial charge is 0.384 e. The summed E-state index contributed by atoms with van der Waals surface area (Å²) in [6.07, 6.45) is 2.03. The second kappa shape index (κ2) is 2.70. The minimum absolute atomic E-state index is 0.231. The monoisotopic (exact) mass is 178 g/mol. The van der Waals surface area contributed by atoms with Crippen molar-refractivity contribution in [3.63, 3.8) is 0 Å². The van der Waals surface area contributed by atoms with Gasteiger partial charge in [-0.1, -0.05) is 6.07 Å². The van der Waals surface area contributed by atoms with Crippen LogP contribution in [-0.4, -0.2) is 12.1 Å². The van der Waals surface area contributed by atoms with E-state index >= 15 is 0 Å². The summed E-state index contributed by atoms with van der Waals surface area (Å²) in [6.45, 7) is 2.06. The van der Waals surface area contributed by atoms with Crippen LogP contribution in [-0.2, 0) is 16.8 Å². The smallest absolute Gasteiger partial charge is 0.123 e. The number of nitrogens with zero attached hydrogens (tertiary/aromatic N) is 1. The third-order valence-corrected chi connectivity index (χ3v) is 2.82. The number of ether oxygens (including phenoxy) is 1. The molecule has 1 aliphatic rings. The van der Waals surface area contributed by atoms with Crippen molar-refractivity contribution in [1.29, 1.82) is 0 Å². The fraction of sp³-hybridized carbons (Fsp3) is 0.500. The molecule has 0 saturated heterocycles. The molecule has 1 aromatic heterocycles. The van der Waals surface area contributed by atoms with Crippen LogP contribution in [0.5, 0.6) is 0 Å². The van der Waals surface area contributed by atoms with Crippen molar-refractivity contribution >= 4 is 5.82 Å². The van der Waals surface area contributed by atoms with Crippen molar-refractivity contribution in [2.24, 2.45) is 0 Å². The predicted molar refractivity (Wildman–Crippen MR) is 51.3 cm³/mol. The number of anilines is 1. The predicted octanol–water partition coefficient (Wildman–Crippen LogP) is 1.47. The van der Waals surface area contributed by atoms with Gasteiger partial charge in [-0.2, -0.15) is 0 Å². The number of rotatable bonds is 1. The third kappa shape index (κ3) is 1.20. The Hall–Kier alpha value is -1.09. The summed E-state index contributed by atoms with van der Waals surface area (Å²) < 4.78 is 5.46. The van der Waals surface area contributed by atoms with E-state index in [1.165, 1.54) is 5.56 Å². The lowest BCUT2D eigenvalue weighted by Gasteiger charge is -2.22. The summed E-state index contributed by atoms with van der Waals surface area (Å²) in [7, 11) is 1.72. The molecule has 2 N–H and O–H groups in total. The van der Waals surface area contributed by atoms with Gasteiger partial charge in [0.2, 0.25) is 0 Å². The first kappa shape index (κ1) is 8.51. The number of hydrogen-bond donors (Lipinski definition) is 1. The fourth-order valence-corrected chi connectivity index (χ4v) is 1.85. The standard InChI is InChI=1S/C10H14N2O/c1-10(13-2)6-5-7-3-4-8(11)12-9(7)10/h3-4H,5-6H2,1-2H3,(H2,11,12). The van der Waals surface area contributed by atoms with E-state index in [1.807, 2.05) is 12.1 Å². The Bertz CT molecular complexity index is 338. The molecule has 3 heteroatoms. The summed E-state index contributed by atoms with van der Waals surface area (Å²) in [6, 6.07) is 3.89. The molecule has 2 rings (SSSR count). The molecule has 13 heavy (non-hydrogen) atoms. The highest BCUT2D eigenvalue weighted by Gasteiger charge is 2.35. The zero-order valence-corrected chi connectivity index (χ0v) is 8.00. The van der Waals surface area contributed by atoms with Crippen LogP contribution in [0, 0.1) is 0 Å². The quantitative estimate of drug-likeness (QED) is 0.708. The number of aromatic nitrogens is 1. The maximum absolute atomic E-state index is 5.64. The molecule has 0 aliphatic heterocycles. The van der Waals surface area contributed by atoms with Crippen LogP contribution in [0.25, 0.3) is 0 Å². The number of hydrogen-bond acceptors (Lipinski definition) is 3. The molecular formula is C10H14N2O. The summed E-state index contributed by atoms with van der Waals surface area (Å²) in [5, 5.41) is 0. The maximum Gasteiger partial charge on any atom is 0.123 e. The molecule has 70 valence electrons. The van der Waals surface area contributed by atoms with Gasteiger partial charge in [0, 0.05) is 7.11 Å². The molecule has 1 aromatic rings. The van der Waals surface area contributed by atoms with E-state index in [0.29, 0.717) is 5.82 Å². The van der Waals surface area contributed by atoms with Crippen molar-refractivity contribution < 1.29 is 4.74 Å². The van der Waals surface area contributed by atoms with Crippen LogP contribution >= 0.6 is 0 Å². The topological polar surface area (TPSA) is 48.1 Å². The lowest BCUT2D eigenvalue weighted by molar-refractivity contribution is 0.000613. The summed E-state index contributed by atoms with van der Waals surface area (Å²) >= 11 is 0.